The van der Waals surface area contributed by atoms with E-state index in [1.54, 1.807) is 0 Å². The van der Waals surface area contributed by atoms with Crippen LogP contribution >= 0.6 is 11.6 Å². The number of halogens is 1. The van der Waals surface area contributed by atoms with Crippen LogP contribution in [0.1, 0.15) is 5.56 Å². The van der Waals surface area contributed by atoms with Crippen molar-refractivity contribution in [3.8, 4) is 5.75 Å². The molecule has 0 spiro atoms. The fourth-order valence-electron chi connectivity index (χ4n) is 1.82. The standard InChI is InChI=1S/C12H16ClNO2/c1-14-7-10(8-14)16-12-3-2-9(4-5-15)6-11(12)13/h2-3,6,10,15H,4-5,7-8H2,1H3. The lowest BCUT2D eigenvalue weighted by atomic mass is 10.1. The molecule has 4 heteroatoms. The van der Waals surface area contributed by atoms with Crippen molar-refractivity contribution < 1.29 is 9.84 Å². The Morgan fingerprint density at radius 3 is 2.81 bits per heavy atom. The van der Waals surface area contributed by atoms with Gasteiger partial charge in [0.2, 0.25) is 0 Å². The van der Waals surface area contributed by atoms with Crippen molar-refractivity contribution in [3.05, 3.63) is 28.8 Å². The highest BCUT2D eigenvalue weighted by molar-refractivity contribution is 6.32. The van der Waals surface area contributed by atoms with E-state index in [4.69, 9.17) is 21.4 Å². The third kappa shape index (κ3) is 2.67. The first kappa shape index (κ1) is 11.7. The Bertz CT molecular complexity index is 364. The average Bonchev–Trinajstić information content (AvgIpc) is 2.20. The van der Waals surface area contributed by atoms with Crippen molar-refractivity contribution in [3.63, 3.8) is 0 Å². The van der Waals surface area contributed by atoms with Crippen LogP contribution in [0, 0.1) is 0 Å². The predicted molar refractivity (Wildman–Crippen MR) is 64.2 cm³/mol. The molecule has 3 nitrogen and oxygen atoms in total. The van der Waals surface area contributed by atoms with Crippen LogP contribution in [0.15, 0.2) is 18.2 Å². The second kappa shape index (κ2) is 5.04. The Kier molecular flexibility index (Phi) is 3.69. The Balaban J connectivity index is 1.99. The van der Waals surface area contributed by atoms with Gasteiger partial charge in [0.25, 0.3) is 0 Å². The molecule has 0 atom stereocenters. The summed E-state index contributed by atoms with van der Waals surface area (Å²) >= 11 is 6.11. The molecule has 0 saturated carbocycles. The summed E-state index contributed by atoms with van der Waals surface area (Å²) in [4.78, 5) is 2.19. The maximum atomic E-state index is 8.82. The van der Waals surface area contributed by atoms with E-state index in [1.807, 2.05) is 18.2 Å². The molecule has 1 aliphatic heterocycles. The van der Waals surface area contributed by atoms with Gasteiger partial charge in [0.05, 0.1) is 5.02 Å². The van der Waals surface area contributed by atoms with Gasteiger partial charge in [-0.05, 0) is 31.2 Å². The first-order valence-corrected chi connectivity index (χ1v) is 5.81. The molecule has 1 aromatic rings. The molecule has 1 aliphatic rings. The SMILES string of the molecule is CN1CC(Oc2ccc(CCO)cc2Cl)C1. The van der Waals surface area contributed by atoms with Gasteiger partial charge in [0.1, 0.15) is 11.9 Å². The second-order valence-corrected chi connectivity index (χ2v) is 4.61. The molecular formula is C12H16ClNO2. The largest absolute Gasteiger partial charge is 0.486 e. The van der Waals surface area contributed by atoms with Gasteiger partial charge in [-0.3, -0.25) is 4.90 Å². The first-order valence-electron chi connectivity index (χ1n) is 5.43. The summed E-state index contributed by atoms with van der Waals surface area (Å²) in [5.74, 6) is 0.737. The van der Waals surface area contributed by atoms with Crippen molar-refractivity contribution in [2.45, 2.75) is 12.5 Å². The van der Waals surface area contributed by atoms with Crippen LogP contribution in [0.3, 0.4) is 0 Å². The van der Waals surface area contributed by atoms with E-state index in [9.17, 15) is 0 Å². The van der Waals surface area contributed by atoms with E-state index < -0.39 is 0 Å². The number of ether oxygens (including phenoxy) is 1. The molecule has 1 saturated heterocycles. The normalized spacial score (nSPS) is 17.2. The molecular weight excluding hydrogens is 226 g/mol. The fraction of sp³-hybridized carbons (Fsp3) is 0.500. The van der Waals surface area contributed by atoms with E-state index >= 15 is 0 Å². The van der Waals surface area contributed by atoms with Gasteiger partial charge in [-0.2, -0.15) is 0 Å². The van der Waals surface area contributed by atoms with Crippen molar-refractivity contribution >= 4 is 11.6 Å². The number of likely N-dealkylation sites (N-methyl/N-ethyl adjacent to an activating group) is 1. The number of aliphatic hydroxyl groups is 1. The van der Waals surface area contributed by atoms with E-state index in [-0.39, 0.29) is 12.7 Å². The monoisotopic (exact) mass is 241 g/mol. The van der Waals surface area contributed by atoms with Crippen LogP contribution in [0.2, 0.25) is 5.02 Å². The van der Waals surface area contributed by atoms with Gasteiger partial charge in [-0.1, -0.05) is 17.7 Å². The maximum Gasteiger partial charge on any atom is 0.138 e. The van der Waals surface area contributed by atoms with Gasteiger partial charge < -0.3 is 9.84 Å². The van der Waals surface area contributed by atoms with Gasteiger partial charge >= 0.3 is 0 Å². The second-order valence-electron chi connectivity index (χ2n) is 4.20. The molecule has 1 aromatic carbocycles. The lowest BCUT2D eigenvalue weighted by Crippen LogP contribution is -2.51. The van der Waals surface area contributed by atoms with Crippen molar-refractivity contribution in [1.29, 1.82) is 0 Å². The Morgan fingerprint density at radius 1 is 1.50 bits per heavy atom. The topological polar surface area (TPSA) is 32.7 Å². The average molecular weight is 242 g/mol. The van der Waals surface area contributed by atoms with Gasteiger partial charge in [-0.25, -0.2) is 0 Å². The molecule has 1 fully saturated rings. The quantitative estimate of drug-likeness (QED) is 0.869. The molecule has 1 heterocycles. The van der Waals surface area contributed by atoms with Crippen LogP contribution < -0.4 is 4.74 Å². The highest BCUT2D eigenvalue weighted by Gasteiger charge is 2.25. The molecule has 88 valence electrons. The van der Waals surface area contributed by atoms with Crippen LogP contribution in [-0.4, -0.2) is 42.9 Å². The van der Waals surface area contributed by atoms with Crippen molar-refractivity contribution in [2.24, 2.45) is 0 Å². The first-order chi connectivity index (χ1) is 7.69. The van der Waals surface area contributed by atoms with E-state index in [0.717, 1.165) is 24.4 Å². The predicted octanol–water partition coefficient (Wildman–Crippen LogP) is 1.57. The third-order valence-corrected chi connectivity index (χ3v) is 3.02. The maximum absolute atomic E-state index is 8.82. The number of rotatable bonds is 4. The molecule has 0 aromatic heterocycles. The van der Waals surface area contributed by atoms with Gasteiger partial charge in [0, 0.05) is 19.7 Å². The third-order valence-electron chi connectivity index (χ3n) is 2.72. The van der Waals surface area contributed by atoms with Gasteiger partial charge in [0.15, 0.2) is 0 Å². The minimum absolute atomic E-state index is 0.143. The number of hydrogen-bond donors (Lipinski definition) is 1. The zero-order chi connectivity index (χ0) is 11.5. The summed E-state index contributed by atoms with van der Waals surface area (Å²) in [6, 6.07) is 5.68. The lowest BCUT2D eigenvalue weighted by molar-refractivity contribution is 0.0389. The van der Waals surface area contributed by atoms with Crippen LogP contribution in [-0.2, 0) is 6.42 Å². The molecule has 0 radical (unpaired) electrons. The minimum atomic E-state index is 0.143. The number of aliphatic hydroxyl groups excluding tert-OH is 1. The molecule has 0 amide bonds. The molecule has 16 heavy (non-hydrogen) atoms. The van der Waals surface area contributed by atoms with Crippen LogP contribution in [0.4, 0.5) is 0 Å². The summed E-state index contributed by atoms with van der Waals surface area (Å²) in [6.45, 7) is 2.05. The van der Waals surface area contributed by atoms with Crippen molar-refractivity contribution in [2.75, 3.05) is 26.7 Å². The Labute approximate surface area is 101 Å². The Hall–Kier alpha value is -0.770. The summed E-state index contributed by atoms with van der Waals surface area (Å²) < 4.78 is 5.75. The molecule has 0 unspecified atom stereocenters. The summed E-state index contributed by atoms with van der Waals surface area (Å²) in [7, 11) is 2.06. The van der Waals surface area contributed by atoms with E-state index in [2.05, 4.69) is 11.9 Å². The zero-order valence-corrected chi connectivity index (χ0v) is 10.1. The van der Waals surface area contributed by atoms with Gasteiger partial charge in [-0.15, -0.1) is 0 Å². The van der Waals surface area contributed by atoms with Crippen LogP contribution in [0.25, 0.3) is 0 Å². The highest BCUT2D eigenvalue weighted by atomic mass is 35.5. The molecule has 1 N–H and O–H groups in total. The molecule has 0 aliphatic carbocycles. The molecule has 0 bridgehead atoms. The summed E-state index contributed by atoms with van der Waals surface area (Å²) in [6.07, 6.45) is 0.887. The lowest BCUT2D eigenvalue weighted by Gasteiger charge is -2.36. The van der Waals surface area contributed by atoms with E-state index in [1.165, 1.54) is 0 Å². The highest BCUT2D eigenvalue weighted by Crippen LogP contribution is 2.27. The van der Waals surface area contributed by atoms with Crippen molar-refractivity contribution in [1.82, 2.24) is 4.90 Å². The fourth-order valence-corrected chi connectivity index (χ4v) is 2.07. The molecule has 2 rings (SSSR count). The number of hydrogen-bond acceptors (Lipinski definition) is 3. The van der Waals surface area contributed by atoms with Crippen LogP contribution in [0.5, 0.6) is 5.75 Å². The summed E-state index contributed by atoms with van der Waals surface area (Å²) in [5.41, 5.74) is 1.03. The number of benzene rings is 1. The number of likely N-dealkylation sites (tertiary alicyclic amines) is 1. The van der Waals surface area contributed by atoms with E-state index in [0.29, 0.717) is 11.4 Å². The Morgan fingerprint density at radius 2 is 2.25 bits per heavy atom. The summed E-state index contributed by atoms with van der Waals surface area (Å²) in [5, 5.41) is 9.45. The zero-order valence-electron chi connectivity index (χ0n) is 9.32. The smallest absolute Gasteiger partial charge is 0.138 e. The number of nitrogens with zero attached hydrogens (tertiary/aromatic N) is 1. The minimum Gasteiger partial charge on any atom is -0.486 e.